The van der Waals surface area contributed by atoms with E-state index < -0.39 is 0 Å². The van der Waals surface area contributed by atoms with E-state index in [1.54, 1.807) is 0 Å². The Balaban J connectivity index is 3.32. The van der Waals surface area contributed by atoms with Crippen LogP contribution in [0.5, 0.6) is 0 Å². The van der Waals surface area contributed by atoms with Crippen LogP contribution in [0, 0.1) is 5.92 Å². The van der Waals surface area contributed by atoms with Gasteiger partial charge in [0.15, 0.2) is 0 Å². The summed E-state index contributed by atoms with van der Waals surface area (Å²) in [6.45, 7) is 1.82. The molecule has 2 N–H and O–H groups in total. The third-order valence-electron chi connectivity index (χ3n) is 1.03. The first-order valence-electron chi connectivity index (χ1n) is 2.53. The molecule has 0 bridgehead atoms. The van der Waals surface area contributed by atoms with Gasteiger partial charge in [0.1, 0.15) is 0 Å². The molecule has 3 heteroatoms. The van der Waals surface area contributed by atoms with Crippen LogP contribution >= 0.6 is 15.9 Å². The molecule has 8 heavy (non-hydrogen) atoms. The fourth-order valence-corrected chi connectivity index (χ4v) is 0.993. The zero-order chi connectivity index (χ0) is 6.57. The van der Waals surface area contributed by atoms with Gasteiger partial charge in [0.2, 0.25) is 5.91 Å². The SMILES string of the molecule is CC(CCBr)C(N)=O. The lowest BCUT2D eigenvalue weighted by Gasteiger charge is -2.00. The number of nitrogens with two attached hydrogens (primary N) is 1. The van der Waals surface area contributed by atoms with E-state index in [4.69, 9.17) is 5.73 Å². The molecule has 0 fully saturated rings. The van der Waals surface area contributed by atoms with Crippen LogP contribution in [0.4, 0.5) is 0 Å². The molecule has 1 amide bonds. The van der Waals surface area contributed by atoms with E-state index in [0.29, 0.717) is 0 Å². The molecular formula is C5H10BrNO. The van der Waals surface area contributed by atoms with Gasteiger partial charge in [-0.3, -0.25) is 4.79 Å². The van der Waals surface area contributed by atoms with Gasteiger partial charge >= 0.3 is 0 Å². The minimum absolute atomic E-state index is 0.00868. The highest BCUT2D eigenvalue weighted by molar-refractivity contribution is 9.09. The molecule has 0 radical (unpaired) electrons. The molecule has 0 aliphatic carbocycles. The van der Waals surface area contributed by atoms with E-state index in [0.717, 1.165) is 11.8 Å². The summed E-state index contributed by atoms with van der Waals surface area (Å²) >= 11 is 3.21. The van der Waals surface area contributed by atoms with Crippen molar-refractivity contribution in [1.29, 1.82) is 0 Å². The van der Waals surface area contributed by atoms with Crippen molar-refractivity contribution in [2.45, 2.75) is 13.3 Å². The van der Waals surface area contributed by atoms with Crippen molar-refractivity contribution in [3.05, 3.63) is 0 Å². The highest BCUT2D eigenvalue weighted by Crippen LogP contribution is 2.01. The third kappa shape index (κ3) is 3.02. The van der Waals surface area contributed by atoms with Gasteiger partial charge in [-0.1, -0.05) is 22.9 Å². The average molecular weight is 180 g/mol. The number of hydrogen-bond donors (Lipinski definition) is 1. The van der Waals surface area contributed by atoms with Gasteiger partial charge in [0, 0.05) is 11.2 Å². The normalized spacial score (nSPS) is 13.2. The quantitative estimate of drug-likeness (QED) is 0.644. The van der Waals surface area contributed by atoms with Gasteiger partial charge in [-0.25, -0.2) is 0 Å². The van der Waals surface area contributed by atoms with E-state index in [9.17, 15) is 4.79 Å². The molecule has 0 rings (SSSR count). The highest BCUT2D eigenvalue weighted by Gasteiger charge is 2.05. The second-order valence-electron chi connectivity index (χ2n) is 1.78. The van der Waals surface area contributed by atoms with Crippen molar-refractivity contribution >= 4 is 21.8 Å². The number of amides is 1. The maximum atomic E-state index is 10.3. The molecule has 0 aliphatic heterocycles. The fourth-order valence-electron chi connectivity index (χ4n) is 0.306. The van der Waals surface area contributed by atoms with Crippen LogP contribution in [0.2, 0.25) is 0 Å². The summed E-state index contributed by atoms with van der Waals surface area (Å²) in [6.07, 6.45) is 0.829. The Morgan fingerprint density at radius 3 is 2.50 bits per heavy atom. The molecule has 0 spiro atoms. The smallest absolute Gasteiger partial charge is 0.220 e. The first-order valence-corrected chi connectivity index (χ1v) is 3.66. The van der Waals surface area contributed by atoms with Gasteiger partial charge in [-0.15, -0.1) is 0 Å². The topological polar surface area (TPSA) is 43.1 Å². The van der Waals surface area contributed by atoms with Crippen molar-refractivity contribution < 1.29 is 4.79 Å². The molecule has 0 saturated carbocycles. The maximum Gasteiger partial charge on any atom is 0.220 e. The highest BCUT2D eigenvalue weighted by atomic mass is 79.9. The number of alkyl halides is 1. The fraction of sp³-hybridized carbons (Fsp3) is 0.800. The van der Waals surface area contributed by atoms with Crippen LogP contribution < -0.4 is 5.73 Å². The summed E-state index contributed by atoms with van der Waals surface area (Å²) in [5.74, 6) is -0.209. The number of hydrogen-bond acceptors (Lipinski definition) is 1. The van der Waals surface area contributed by atoms with Crippen LogP contribution in [0.25, 0.3) is 0 Å². The summed E-state index contributed by atoms with van der Waals surface area (Å²) in [6, 6.07) is 0. The second-order valence-corrected chi connectivity index (χ2v) is 2.57. The Morgan fingerprint density at radius 1 is 1.88 bits per heavy atom. The Bertz CT molecular complexity index is 84.5. The lowest BCUT2D eigenvalue weighted by molar-refractivity contribution is -0.121. The third-order valence-corrected chi connectivity index (χ3v) is 1.49. The Morgan fingerprint density at radius 2 is 2.38 bits per heavy atom. The van der Waals surface area contributed by atoms with Crippen LogP contribution in [0.3, 0.4) is 0 Å². The van der Waals surface area contributed by atoms with Crippen molar-refractivity contribution in [2.24, 2.45) is 11.7 Å². The van der Waals surface area contributed by atoms with Crippen molar-refractivity contribution in [3.63, 3.8) is 0 Å². The Kier molecular flexibility index (Phi) is 3.87. The average Bonchev–Trinajstić information content (AvgIpc) is 1.67. The van der Waals surface area contributed by atoms with Crippen molar-refractivity contribution in [2.75, 3.05) is 5.33 Å². The lowest BCUT2D eigenvalue weighted by atomic mass is 10.1. The molecule has 2 nitrogen and oxygen atoms in total. The number of halogens is 1. The van der Waals surface area contributed by atoms with Crippen molar-refractivity contribution in [3.8, 4) is 0 Å². The largest absolute Gasteiger partial charge is 0.369 e. The molecule has 0 heterocycles. The van der Waals surface area contributed by atoms with Gasteiger partial charge in [-0.05, 0) is 6.42 Å². The van der Waals surface area contributed by atoms with E-state index in [-0.39, 0.29) is 11.8 Å². The number of primary amides is 1. The predicted octanol–water partition coefficient (Wildman–Crippen LogP) is 0.893. The molecule has 0 aromatic heterocycles. The molecule has 0 aliphatic rings. The van der Waals surface area contributed by atoms with E-state index in [1.807, 2.05) is 6.92 Å². The molecule has 0 saturated heterocycles. The van der Waals surface area contributed by atoms with Gasteiger partial charge in [0.25, 0.3) is 0 Å². The second kappa shape index (κ2) is 3.89. The van der Waals surface area contributed by atoms with E-state index in [2.05, 4.69) is 15.9 Å². The molecular weight excluding hydrogens is 170 g/mol. The Labute approximate surface area is 57.6 Å². The zero-order valence-corrected chi connectivity index (χ0v) is 6.44. The lowest BCUT2D eigenvalue weighted by Crippen LogP contribution is -2.20. The van der Waals surface area contributed by atoms with Crippen LogP contribution in [0.15, 0.2) is 0 Å². The first-order chi connectivity index (χ1) is 3.68. The van der Waals surface area contributed by atoms with E-state index in [1.165, 1.54) is 0 Å². The van der Waals surface area contributed by atoms with Crippen molar-refractivity contribution in [1.82, 2.24) is 0 Å². The summed E-state index contributed by atoms with van der Waals surface area (Å²) in [4.78, 5) is 10.3. The monoisotopic (exact) mass is 179 g/mol. The zero-order valence-electron chi connectivity index (χ0n) is 4.86. The van der Waals surface area contributed by atoms with Gasteiger partial charge in [0.05, 0.1) is 0 Å². The Hall–Kier alpha value is -0.0500. The minimum atomic E-state index is -0.218. The maximum absolute atomic E-state index is 10.3. The molecule has 0 aromatic rings. The molecule has 0 aromatic carbocycles. The summed E-state index contributed by atoms with van der Waals surface area (Å²) in [5, 5.41) is 0.844. The van der Waals surface area contributed by atoms with Gasteiger partial charge < -0.3 is 5.73 Å². The molecule has 1 atom stereocenters. The van der Waals surface area contributed by atoms with E-state index >= 15 is 0 Å². The van der Waals surface area contributed by atoms with Gasteiger partial charge in [-0.2, -0.15) is 0 Å². The number of rotatable bonds is 3. The summed E-state index contributed by atoms with van der Waals surface area (Å²) < 4.78 is 0. The summed E-state index contributed by atoms with van der Waals surface area (Å²) in [5.41, 5.74) is 4.96. The standard InChI is InChI=1S/C5H10BrNO/c1-4(2-3-6)5(7)8/h4H,2-3H2,1H3,(H2,7,8). The summed E-state index contributed by atoms with van der Waals surface area (Å²) in [7, 11) is 0. The first kappa shape index (κ1) is 7.95. The van der Waals surface area contributed by atoms with Crippen LogP contribution in [-0.2, 0) is 4.79 Å². The number of carbonyl (C=O) groups excluding carboxylic acids is 1. The molecule has 48 valence electrons. The predicted molar refractivity (Wildman–Crippen MR) is 36.8 cm³/mol. The molecule has 1 unspecified atom stereocenters. The minimum Gasteiger partial charge on any atom is -0.369 e. The van der Waals surface area contributed by atoms with Crippen LogP contribution in [-0.4, -0.2) is 11.2 Å². The number of carbonyl (C=O) groups is 1. The van der Waals surface area contributed by atoms with Crippen LogP contribution in [0.1, 0.15) is 13.3 Å².